The van der Waals surface area contributed by atoms with E-state index in [4.69, 9.17) is 4.74 Å². The van der Waals surface area contributed by atoms with Crippen LogP contribution in [-0.4, -0.2) is 45.5 Å². The Bertz CT molecular complexity index is 533. The summed E-state index contributed by atoms with van der Waals surface area (Å²) < 4.78 is 4.31. The summed E-state index contributed by atoms with van der Waals surface area (Å²) in [5.74, 6) is -1.38. The van der Waals surface area contributed by atoms with E-state index in [2.05, 4.69) is 23.3 Å². The fourth-order valence-electron chi connectivity index (χ4n) is 3.22. The zero-order valence-electron chi connectivity index (χ0n) is 17.0. The van der Waals surface area contributed by atoms with Crippen molar-refractivity contribution in [2.24, 2.45) is 5.92 Å². The molecule has 0 spiro atoms. The van der Waals surface area contributed by atoms with Crippen LogP contribution in [0.2, 0.25) is 0 Å². The van der Waals surface area contributed by atoms with Gasteiger partial charge in [0.05, 0.1) is 0 Å². The molecule has 2 atom stereocenters. The summed E-state index contributed by atoms with van der Waals surface area (Å²) in [6.07, 6.45) is 5.17. The van der Waals surface area contributed by atoms with Crippen LogP contribution in [-0.2, 0) is 14.3 Å². The summed E-state index contributed by atoms with van der Waals surface area (Å²) in [5, 5.41) is 14.6. The molecule has 2 amide bonds. The summed E-state index contributed by atoms with van der Waals surface area (Å²) >= 11 is 4.28. The summed E-state index contributed by atoms with van der Waals surface area (Å²) in [7, 11) is 0. The predicted molar refractivity (Wildman–Crippen MR) is 107 cm³/mol. The summed E-state index contributed by atoms with van der Waals surface area (Å²) in [6.45, 7) is 8.46. The van der Waals surface area contributed by atoms with Gasteiger partial charge in [-0.25, -0.2) is 9.59 Å². The fraction of sp³-hybridized carbons (Fsp3) is 0.842. The number of alkyl carbamates (subject to hydrolysis) is 1. The summed E-state index contributed by atoms with van der Waals surface area (Å²) in [5.41, 5.74) is -0.688. The first-order valence-corrected chi connectivity index (χ1v) is 9.99. The Morgan fingerprint density at radius 3 is 2.07 bits per heavy atom. The lowest BCUT2D eigenvalue weighted by Gasteiger charge is -2.31. The zero-order valence-corrected chi connectivity index (χ0v) is 17.9. The molecule has 0 unspecified atom stereocenters. The van der Waals surface area contributed by atoms with E-state index in [9.17, 15) is 19.5 Å². The largest absolute Gasteiger partial charge is 0.480 e. The smallest absolute Gasteiger partial charge is 0.408 e. The van der Waals surface area contributed by atoms with Crippen molar-refractivity contribution < 1.29 is 24.2 Å². The molecule has 27 heavy (non-hydrogen) atoms. The molecule has 1 aliphatic rings. The molecule has 0 bridgehead atoms. The Morgan fingerprint density at radius 1 is 1.07 bits per heavy atom. The normalized spacial score (nSPS) is 18.3. The first-order chi connectivity index (χ1) is 12.3. The van der Waals surface area contributed by atoms with E-state index in [0.29, 0.717) is 12.3 Å². The van der Waals surface area contributed by atoms with Crippen molar-refractivity contribution in [1.29, 1.82) is 0 Å². The number of hydrogen-bond donors (Lipinski definition) is 4. The minimum atomic E-state index is -1.18. The Hall–Kier alpha value is -1.44. The monoisotopic (exact) mass is 402 g/mol. The van der Waals surface area contributed by atoms with Crippen molar-refractivity contribution in [3.8, 4) is 0 Å². The number of carboxylic acid groups (broad SMARTS) is 1. The van der Waals surface area contributed by atoms with E-state index < -0.39 is 40.4 Å². The third-order valence-electron chi connectivity index (χ3n) is 4.54. The number of carboxylic acids is 1. The second kappa shape index (κ2) is 9.66. The Balaban J connectivity index is 2.88. The highest BCUT2D eigenvalue weighted by Crippen LogP contribution is 2.28. The van der Waals surface area contributed by atoms with E-state index in [1.165, 1.54) is 6.42 Å². The standard InChI is InChI=1S/C19H34N2O5S/c1-18(2,3)26-17(25)20-13(11-12-9-7-6-8-10-12)15(22)21-14(16(23)24)19(4,5)27/h12-14,27H,6-11H2,1-5H3,(H,20,25)(H,21,22)(H,23,24)/t13-,14+/m1/s1. The molecule has 0 heterocycles. The average molecular weight is 403 g/mol. The van der Waals surface area contributed by atoms with E-state index in [-0.39, 0.29) is 0 Å². The second-order valence-electron chi connectivity index (χ2n) is 8.87. The van der Waals surface area contributed by atoms with Crippen molar-refractivity contribution in [2.75, 3.05) is 0 Å². The topological polar surface area (TPSA) is 105 Å². The number of amides is 2. The van der Waals surface area contributed by atoms with Crippen LogP contribution >= 0.6 is 12.6 Å². The highest BCUT2D eigenvalue weighted by molar-refractivity contribution is 7.81. The number of aliphatic carboxylic acids is 1. The average Bonchev–Trinajstić information content (AvgIpc) is 2.49. The second-order valence-corrected chi connectivity index (χ2v) is 10.0. The third-order valence-corrected chi connectivity index (χ3v) is 4.80. The number of carbonyl (C=O) groups excluding carboxylic acids is 2. The van der Waals surface area contributed by atoms with E-state index in [1.54, 1.807) is 34.6 Å². The first-order valence-electron chi connectivity index (χ1n) is 9.54. The molecule has 1 fully saturated rings. The van der Waals surface area contributed by atoms with Crippen LogP contribution < -0.4 is 10.6 Å². The third kappa shape index (κ3) is 8.86. The van der Waals surface area contributed by atoms with Gasteiger partial charge in [-0.3, -0.25) is 4.79 Å². The maximum atomic E-state index is 12.8. The van der Waals surface area contributed by atoms with Gasteiger partial charge in [0.25, 0.3) is 0 Å². The van der Waals surface area contributed by atoms with Crippen LogP contribution in [0.4, 0.5) is 4.79 Å². The summed E-state index contributed by atoms with van der Waals surface area (Å²) in [6, 6.07) is -2.02. The van der Waals surface area contributed by atoms with Gasteiger partial charge in [0.2, 0.25) is 5.91 Å². The number of hydrogen-bond acceptors (Lipinski definition) is 5. The number of carbonyl (C=O) groups is 3. The maximum absolute atomic E-state index is 12.8. The lowest BCUT2D eigenvalue weighted by atomic mass is 9.84. The first kappa shape index (κ1) is 23.6. The SMILES string of the molecule is CC(C)(C)OC(=O)N[C@H](CC1CCCCC1)C(=O)N[C@@H](C(=O)O)C(C)(C)S. The van der Waals surface area contributed by atoms with E-state index in [1.807, 2.05) is 0 Å². The van der Waals surface area contributed by atoms with Gasteiger partial charge in [0, 0.05) is 4.75 Å². The zero-order chi connectivity index (χ0) is 20.8. The molecule has 8 heteroatoms. The highest BCUT2D eigenvalue weighted by Gasteiger charge is 2.36. The molecule has 1 saturated carbocycles. The Kier molecular flexibility index (Phi) is 8.45. The van der Waals surface area contributed by atoms with Crippen LogP contribution in [0.1, 0.15) is 73.1 Å². The minimum absolute atomic E-state index is 0.316. The Labute approximate surface area is 167 Å². The van der Waals surface area contributed by atoms with E-state index in [0.717, 1.165) is 25.7 Å². The predicted octanol–water partition coefficient (Wildman–Crippen LogP) is 3.13. The van der Waals surface area contributed by atoms with Gasteiger partial charge < -0.3 is 20.5 Å². The quantitative estimate of drug-likeness (QED) is 0.490. The fourth-order valence-corrected chi connectivity index (χ4v) is 3.40. The van der Waals surface area contributed by atoms with Crippen LogP contribution in [0.3, 0.4) is 0 Å². The van der Waals surface area contributed by atoms with Crippen molar-refractivity contribution in [3.05, 3.63) is 0 Å². The molecule has 7 nitrogen and oxygen atoms in total. The molecule has 0 aromatic carbocycles. The lowest BCUT2D eigenvalue weighted by molar-refractivity contribution is -0.142. The van der Waals surface area contributed by atoms with Crippen LogP contribution in [0.5, 0.6) is 0 Å². The van der Waals surface area contributed by atoms with Gasteiger partial charge >= 0.3 is 12.1 Å². The molecular weight excluding hydrogens is 368 g/mol. The summed E-state index contributed by atoms with van der Waals surface area (Å²) in [4.78, 5) is 36.5. The molecule has 0 aliphatic heterocycles. The minimum Gasteiger partial charge on any atom is -0.480 e. The number of rotatable bonds is 7. The molecule has 0 aromatic heterocycles. The molecule has 1 rings (SSSR count). The van der Waals surface area contributed by atoms with Gasteiger partial charge in [-0.2, -0.15) is 12.6 Å². The molecule has 0 radical (unpaired) electrons. The highest BCUT2D eigenvalue weighted by atomic mass is 32.1. The van der Waals surface area contributed by atoms with Crippen molar-refractivity contribution >= 4 is 30.6 Å². The van der Waals surface area contributed by atoms with Crippen molar-refractivity contribution in [1.82, 2.24) is 10.6 Å². The molecule has 156 valence electrons. The lowest BCUT2D eigenvalue weighted by Crippen LogP contribution is -2.57. The number of nitrogens with one attached hydrogen (secondary N) is 2. The van der Waals surface area contributed by atoms with Crippen LogP contribution in [0.25, 0.3) is 0 Å². The van der Waals surface area contributed by atoms with Gasteiger partial charge in [0.15, 0.2) is 0 Å². The van der Waals surface area contributed by atoms with Crippen molar-refractivity contribution in [3.63, 3.8) is 0 Å². The van der Waals surface area contributed by atoms with Crippen LogP contribution in [0.15, 0.2) is 0 Å². The molecule has 0 aromatic rings. The van der Waals surface area contributed by atoms with E-state index >= 15 is 0 Å². The molecule has 1 aliphatic carbocycles. The molecule has 0 saturated heterocycles. The molecule has 3 N–H and O–H groups in total. The van der Waals surface area contributed by atoms with Crippen LogP contribution in [0, 0.1) is 5.92 Å². The number of thiol groups is 1. The maximum Gasteiger partial charge on any atom is 0.408 e. The van der Waals surface area contributed by atoms with Gasteiger partial charge in [-0.05, 0) is 47.0 Å². The molecular formula is C19H34N2O5S. The van der Waals surface area contributed by atoms with Crippen molar-refractivity contribution in [2.45, 2.75) is 95.6 Å². The van der Waals surface area contributed by atoms with Gasteiger partial charge in [-0.15, -0.1) is 0 Å². The van der Waals surface area contributed by atoms with Gasteiger partial charge in [-0.1, -0.05) is 32.1 Å². The Morgan fingerprint density at radius 2 is 1.63 bits per heavy atom. The van der Waals surface area contributed by atoms with Gasteiger partial charge in [0.1, 0.15) is 17.7 Å². The number of ether oxygens (including phenoxy) is 1.